The zero-order chi connectivity index (χ0) is 37.6. The molecule has 11 aromatic rings. The van der Waals surface area contributed by atoms with E-state index in [4.69, 9.17) is 0 Å². The molecule has 0 heteroatoms. The van der Waals surface area contributed by atoms with E-state index < -0.39 is 0 Å². The molecule has 0 radical (unpaired) electrons. The van der Waals surface area contributed by atoms with Crippen molar-refractivity contribution < 1.29 is 0 Å². The van der Waals surface area contributed by atoms with E-state index in [9.17, 15) is 0 Å². The molecule has 0 aromatic heterocycles. The molecule has 0 saturated heterocycles. The zero-order valence-corrected chi connectivity index (χ0v) is 31.8. The second-order valence-corrected chi connectivity index (χ2v) is 16.0. The molecule has 11 aromatic carbocycles. The third-order valence-corrected chi connectivity index (χ3v) is 12.7. The Labute approximate surface area is 332 Å². The van der Waals surface area contributed by atoms with E-state index in [1.807, 2.05) is 0 Å². The molecule has 0 fully saturated rings. The maximum atomic E-state index is 2.55. The van der Waals surface area contributed by atoms with Gasteiger partial charge in [0, 0.05) is 0 Å². The minimum Gasteiger partial charge on any atom is -0.0807 e. The van der Waals surface area contributed by atoms with Crippen LogP contribution in [0.4, 0.5) is 0 Å². The van der Waals surface area contributed by atoms with Gasteiger partial charge in [-0.2, -0.15) is 0 Å². The molecule has 266 valence electrons. The number of allylic oxidation sites excluding steroid dienone is 1. The van der Waals surface area contributed by atoms with Gasteiger partial charge < -0.3 is 0 Å². The summed E-state index contributed by atoms with van der Waals surface area (Å²) < 4.78 is 0. The van der Waals surface area contributed by atoms with Crippen LogP contribution in [0.25, 0.3) is 115 Å². The van der Waals surface area contributed by atoms with Crippen molar-refractivity contribution in [2.75, 3.05) is 0 Å². The van der Waals surface area contributed by atoms with Crippen molar-refractivity contribution in [3.8, 4) is 33.4 Å². The topological polar surface area (TPSA) is 0 Å². The van der Waals surface area contributed by atoms with Crippen LogP contribution in [0.3, 0.4) is 0 Å². The van der Waals surface area contributed by atoms with Gasteiger partial charge in [0.25, 0.3) is 0 Å². The van der Waals surface area contributed by atoms with Gasteiger partial charge in [0.05, 0.1) is 0 Å². The lowest BCUT2D eigenvalue weighted by molar-refractivity contribution is 0.720. The van der Waals surface area contributed by atoms with Crippen molar-refractivity contribution in [2.24, 2.45) is 5.92 Å². The van der Waals surface area contributed by atoms with E-state index in [-0.39, 0.29) is 0 Å². The summed E-state index contributed by atoms with van der Waals surface area (Å²) in [6, 6.07) is 68.1. The average molecular weight is 723 g/mol. The fourth-order valence-corrected chi connectivity index (χ4v) is 10.3. The maximum absolute atomic E-state index is 2.55. The van der Waals surface area contributed by atoms with E-state index in [1.165, 1.54) is 120 Å². The molecule has 0 bridgehead atoms. The van der Waals surface area contributed by atoms with E-state index in [0.717, 1.165) is 6.42 Å². The normalized spacial score (nSPS) is 14.1. The fraction of sp³-hybridized carbons (Fsp3) is 0.0526. The largest absolute Gasteiger partial charge is 0.0807 e. The number of benzene rings is 11. The van der Waals surface area contributed by atoms with E-state index >= 15 is 0 Å². The van der Waals surface area contributed by atoms with Crippen LogP contribution >= 0.6 is 0 Å². The molecular formula is C57H38. The molecule has 0 nitrogen and oxygen atoms in total. The van der Waals surface area contributed by atoms with Crippen LogP contribution in [0.5, 0.6) is 0 Å². The van der Waals surface area contributed by atoms with Crippen molar-refractivity contribution in [2.45, 2.75) is 13.3 Å². The third-order valence-electron chi connectivity index (χ3n) is 12.7. The SMILES string of the molecule is CC1C=Cc2c(c(-c3c4ccccc4c(-c4cccc(-c5cc6ccccc6c6ccccc56)c4)c4ccccc34)cc3c4ccccc4c4ccccc4c23)C1. The molecule has 0 saturated carbocycles. The molecule has 12 rings (SSSR count). The predicted octanol–water partition coefficient (Wildman–Crippen LogP) is 16.0. The van der Waals surface area contributed by atoms with Gasteiger partial charge in [-0.05, 0) is 150 Å². The van der Waals surface area contributed by atoms with Crippen LogP contribution < -0.4 is 0 Å². The van der Waals surface area contributed by atoms with Gasteiger partial charge in [-0.25, -0.2) is 0 Å². The summed E-state index contributed by atoms with van der Waals surface area (Å²) in [7, 11) is 0. The molecule has 0 spiro atoms. The maximum Gasteiger partial charge on any atom is -0.00232 e. The lowest BCUT2D eigenvalue weighted by atomic mass is 9.77. The van der Waals surface area contributed by atoms with Crippen LogP contribution in [-0.2, 0) is 6.42 Å². The number of rotatable bonds is 3. The Morgan fingerprint density at radius 1 is 0.368 bits per heavy atom. The first kappa shape index (κ1) is 32.2. The summed E-state index contributed by atoms with van der Waals surface area (Å²) in [6.07, 6.45) is 5.85. The first-order valence-corrected chi connectivity index (χ1v) is 20.2. The standard InChI is InChI=1S/C57H38/c1-35-29-30-50-52(31-35)54(34-53-44-23-7-5-20-41(44)42-21-8-9-24-45(42)56(50)53)57-48-27-12-10-25-46(48)55(47-26-11-13-28-49(47)57)38-17-14-16-36(32-38)51-33-37-15-2-3-18-39(37)40-19-4-6-22-43(40)51/h2-30,32-35H,31H2,1H3. The van der Waals surface area contributed by atoms with Gasteiger partial charge in [0.1, 0.15) is 0 Å². The highest BCUT2D eigenvalue weighted by Gasteiger charge is 2.25. The number of hydrogen-bond acceptors (Lipinski definition) is 0. The quantitative estimate of drug-likeness (QED) is 0.126. The van der Waals surface area contributed by atoms with Crippen LogP contribution in [-0.4, -0.2) is 0 Å². The van der Waals surface area contributed by atoms with E-state index in [0.29, 0.717) is 5.92 Å². The van der Waals surface area contributed by atoms with Crippen molar-refractivity contribution in [3.63, 3.8) is 0 Å². The highest BCUT2D eigenvalue weighted by atomic mass is 14.3. The molecule has 0 N–H and O–H groups in total. The Balaban J connectivity index is 1.17. The lowest BCUT2D eigenvalue weighted by Gasteiger charge is -2.26. The Kier molecular flexibility index (Phi) is 7.07. The first-order chi connectivity index (χ1) is 28.2. The van der Waals surface area contributed by atoms with Gasteiger partial charge in [0.2, 0.25) is 0 Å². The van der Waals surface area contributed by atoms with Gasteiger partial charge in [-0.1, -0.05) is 183 Å². The van der Waals surface area contributed by atoms with Gasteiger partial charge in [-0.3, -0.25) is 0 Å². The second-order valence-electron chi connectivity index (χ2n) is 16.0. The second kappa shape index (κ2) is 12.5. The first-order valence-electron chi connectivity index (χ1n) is 20.2. The molecule has 0 amide bonds. The highest BCUT2D eigenvalue weighted by molar-refractivity contribution is 6.29. The van der Waals surface area contributed by atoms with Crippen molar-refractivity contribution in [3.05, 3.63) is 199 Å². The molecule has 1 atom stereocenters. The summed E-state index contributed by atoms with van der Waals surface area (Å²) in [4.78, 5) is 0. The van der Waals surface area contributed by atoms with Gasteiger partial charge in [0.15, 0.2) is 0 Å². The Bertz CT molecular complexity index is 3450. The molecule has 1 aliphatic rings. The Morgan fingerprint density at radius 2 is 0.860 bits per heavy atom. The van der Waals surface area contributed by atoms with E-state index in [2.05, 4.69) is 201 Å². The molecule has 1 unspecified atom stereocenters. The molecule has 1 aliphatic carbocycles. The van der Waals surface area contributed by atoms with Gasteiger partial charge >= 0.3 is 0 Å². The number of hydrogen-bond donors (Lipinski definition) is 0. The monoisotopic (exact) mass is 722 g/mol. The highest BCUT2D eigenvalue weighted by Crippen LogP contribution is 2.50. The zero-order valence-electron chi connectivity index (χ0n) is 31.8. The Morgan fingerprint density at radius 3 is 1.53 bits per heavy atom. The molecule has 0 aliphatic heterocycles. The van der Waals surface area contributed by atoms with Crippen LogP contribution in [0.1, 0.15) is 18.1 Å². The van der Waals surface area contributed by atoms with Crippen molar-refractivity contribution in [1.29, 1.82) is 0 Å². The molecule has 57 heavy (non-hydrogen) atoms. The van der Waals surface area contributed by atoms with Crippen LogP contribution in [0.2, 0.25) is 0 Å². The summed E-state index contributed by atoms with van der Waals surface area (Å²) >= 11 is 0. The average Bonchev–Trinajstić information content (AvgIpc) is 3.27. The fourth-order valence-electron chi connectivity index (χ4n) is 10.3. The molecule has 0 heterocycles. The van der Waals surface area contributed by atoms with Gasteiger partial charge in [-0.15, -0.1) is 0 Å². The minimum absolute atomic E-state index is 0.450. The summed E-state index contributed by atoms with van der Waals surface area (Å²) in [5.74, 6) is 0.450. The summed E-state index contributed by atoms with van der Waals surface area (Å²) in [5.41, 5.74) is 10.5. The van der Waals surface area contributed by atoms with Crippen molar-refractivity contribution in [1.82, 2.24) is 0 Å². The molecular weight excluding hydrogens is 685 g/mol. The summed E-state index contributed by atoms with van der Waals surface area (Å²) in [6.45, 7) is 2.36. The van der Waals surface area contributed by atoms with Crippen molar-refractivity contribution >= 4 is 81.5 Å². The minimum atomic E-state index is 0.450. The van der Waals surface area contributed by atoms with Crippen LogP contribution in [0, 0.1) is 5.92 Å². The van der Waals surface area contributed by atoms with E-state index in [1.54, 1.807) is 0 Å². The Hall–Kier alpha value is -7.02. The summed E-state index contributed by atoms with van der Waals surface area (Å²) in [5, 5.41) is 18.2. The predicted molar refractivity (Wildman–Crippen MR) is 247 cm³/mol. The smallest absolute Gasteiger partial charge is 0.00232 e. The third kappa shape index (κ3) is 4.81. The number of fused-ring (bicyclic) bond motifs is 13. The lowest BCUT2D eigenvalue weighted by Crippen LogP contribution is -2.07. The van der Waals surface area contributed by atoms with Crippen LogP contribution in [0.15, 0.2) is 188 Å².